The lowest BCUT2D eigenvalue weighted by atomic mass is 9.99. The van der Waals surface area contributed by atoms with Crippen LogP contribution >= 0.6 is 11.8 Å². The average Bonchev–Trinajstić information content (AvgIpc) is 2.69. The number of aliphatic imine (C=N–C) groups is 1. The molecular formula is C26H34N2S. The number of aryl methyl sites for hydroxylation is 3. The fourth-order valence-corrected chi connectivity index (χ4v) is 3.64. The third-order valence-electron chi connectivity index (χ3n) is 4.97. The van der Waals surface area contributed by atoms with Crippen molar-refractivity contribution >= 4 is 23.8 Å². The molecule has 0 saturated heterocycles. The van der Waals surface area contributed by atoms with Gasteiger partial charge in [0.2, 0.25) is 0 Å². The van der Waals surface area contributed by atoms with E-state index in [-0.39, 0.29) is 0 Å². The minimum atomic E-state index is 0.909. The van der Waals surface area contributed by atoms with E-state index >= 15 is 0 Å². The second-order valence-electron chi connectivity index (χ2n) is 7.84. The van der Waals surface area contributed by atoms with Crippen LogP contribution in [0.4, 0.5) is 5.69 Å². The van der Waals surface area contributed by atoms with Crippen LogP contribution in [-0.4, -0.2) is 24.8 Å². The van der Waals surface area contributed by atoms with E-state index in [0.29, 0.717) is 0 Å². The Morgan fingerprint density at radius 1 is 1.07 bits per heavy atom. The summed E-state index contributed by atoms with van der Waals surface area (Å²) >= 11 is 1.74. The van der Waals surface area contributed by atoms with Crippen LogP contribution in [0.2, 0.25) is 0 Å². The van der Waals surface area contributed by atoms with Gasteiger partial charge in [0.15, 0.2) is 0 Å². The van der Waals surface area contributed by atoms with Crippen molar-refractivity contribution < 1.29 is 0 Å². The topological polar surface area (TPSA) is 15.6 Å². The number of rotatable bonds is 9. The van der Waals surface area contributed by atoms with E-state index in [4.69, 9.17) is 0 Å². The zero-order valence-corrected chi connectivity index (χ0v) is 19.6. The summed E-state index contributed by atoms with van der Waals surface area (Å²) in [5.74, 6) is 0. The molecule has 0 N–H and O–H groups in total. The molecule has 0 unspecified atom stereocenters. The Balaban J connectivity index is 1.99. The van der Waals surface area contributed by atoms with Gasteiger partial charge in [-0.15, -0.1) is 11.8 Å². The molecule has 0 aromatic heterocycles. The number of hydrogen-bond donors (Lipinski definition) is 0. The monoisotopic (exact) mass is 406 g/mol. The van der Waals surface area contributed by atoms with Crippen LogP contribution in [0.3, 0.4) is 0 Å². The Bertz CT molecular complexity index is 892. The Morgan fingerprint density at radius 2 is 1.76 bits per heavy atom. The maximum absolute atomic E-state index is 4.63. The van der Waals surface area contributed by atoms with E-state index in [2.05, 4.69) is 92.9 Å². The summed E-state index contributed by atoms with van der Waals surface area (Å²) < 4.78 is 0. The molecule has 0 atom stereocenters. The molecule has 0 heterocycles. The molecule has 3 heteroatoms. The average molecular weight is 407 g/mol. The molecule has 2 aromatic carbocycles. The number of nitrogens with zero attached hydrogens (tertiary/aromatic N) is 2. The van der Waals surface area contributed by atoms with Gasteiger partial charge >= 0.3 is 0 Å². The molecule has 2 rings (SSSR count). The Labute approximate surface area is 181 Å². The quantitative estimate of drug-likeness (QED) is 0.324. The highest BCUT2D eigenvalue weighted by Gasteiger charge is 2.06. The van der Waals surface area contributed by atoms with Crippen molar-refractivity contribution in [2.75, 3.05) is 13.6 Å². The van der Waals surface area contributed by atoms with Crippen molar-refractivity contribution in [3.63, 3.8) is 0 Å². The molecule has 0 radical (unpaired) electrons. The first kappa shape index (κ1) is 23.0. The molecule has 0 aliphatic rings. The summed E-state index contributed by atoms with van der Waals surface area (Å²) in [6, 6.07) is 13.2. The minimum Gasteiger partial charge on any atom is -0.366 e. The van der Waals surface area contributed by atoms with Crippen molar-refractivity contribution in [2.45, 2.75) is 47.5 Å². The van der Waals surface area contributed by atoms with Crippen LogP contribution in [-0.2, 0) is 12.8 Å². The molecule has 0 spiro atoms. The van der Waals surface area contributed by atoms with E-state index < -0.39 is 0 Å². The van der Waals surface area contributed by atoms with Gasteiger partial charge in [-0.1, -0.05) is 48.0 Å². The highest BCUT2D eigenvalue weighted by molar-refractivity contribution is 8.05. The van der Waals surface area contributed by atoms with E-state index in [1.54, 1.807) is 11.8 Å². The number of benzene rings is 2. The zero-order valence-electron chi connectivity index (χ0n) is 18.7. The summed E-state index contributed by atoms with van der Waals surface area (Å²) in [6.07, 6.45) is 3.77. The van der Waals surface area contributed by atoms with Gasteiger partial charge in [0, 0.05) is 20.0 Å². The van der Waals surface area contributed by atoms with Crippen LogP contribution in [0, 0.1) is 20.8 Å². The highest BCUT2D eigenvalue weighted by Crippen LogP contribution is 2.27. The Hall–Kier alpha value is -2.26. The highest BCUT2D eigenvalue weighted by atomic mass is 32.2. The molecule has 29 heavy (non-hydrogen) atoms. The fourth-order valence-electron chi connectivity index (χ4n) is 2.93. The summed E-state index contributed by atoms with van der Waals surface area (Å²) in [4.78, 5) is 7.88. The maximum Gasteiger partial charge on any atom is 0.0909 e. The first-order valence-corrected chi connectivity index (χ1v) is 11.1. The van der Waals surface area contributed by atoms with Crippen LogP contribution in [0.1, 0.15) is 41.7 Å². The SMILES string of the molecule is C=C(Cc1ccc(C)cc1)S/C=C(\C)Cc1cc(C)c(N=CN(C)CC)cc1C. The third kappa shape index (κ3) is 7.58. The molecule has 0 amide bonds. The maximum atomic E-state index is 4.63. The number of thioether (sulfide) groups is 1. The van der Waals surface area contributed by atoms with Gasteiger partial charge in [0.05, 0.1) is 12.0 Å². The first-order valence-electron chi connectivity index (χ1n) is 10.2. The Kier molecular flexibility index (Phi) is 8.78. The van der Waals surface area contributed by atoms with Gasteiger partial charge < -0.3 is 4.90 Å². The van der Waals surface area contributed by atoms with Crippen molar-refractivity contribution in [2.24, 2.45) is 4.99 Å². The first-order chi connectivity index (χ1) is 13.8. The van der Waals surface area contributed by atoms with Crippen LogP contribution in [0.5, 0.6) is 0 Å². The smallest absolute Gasteiger partial charge is 0.0909 e. The molecule has 0 saturated carbocycles. The van der Waals surface area contributed by atoms with Gasteiger partial charge in [0.1, 0.15) is 0 Å². The third-order valence-corrected chi connectivity index (χ3v) is 5.96. The standard InChI is InChI=1S/C26H34N2S/c1-8-28(7)18-27-26-15-21(4)25(14-22(26)5)13-20(3)17-29-23(6)16-24-11-9-19(2)10-12-24/h9-12,14-15,17-18H,6,8,13,16H2,1-5,7H3/b20-17+,27-18?. The molecule has 0 bridgehead atoms. The van der Waals surface area contributed by atoms with Gasteiger partial charge in [-0.2, -0.15) is 0 Å². The van der Waals surface area contributed by atoms with E-state index in [1.165, 1.54) is 38.3 Å². The Morgan fingerprint density at radius 3 is 2.41 bits per heavy atom. The lowest BCUT2D eigenvalue weighted by Crippen LogP contribution is -2.14. The van der Waals surface area contributed by atoms with E-state index in [0.717, 1.165) is 25.1 Å². The minimum absolute atomic E-state index is 0.909. The summed E-state index contributed by atoms with van der Waals surface area (Å²) in [6.45, 7) is 15.9. The van der Waals surface area contributed by atoms with Crippen molar-refractivity contribution in [1.29, 1.82) is 0 Å². The number of hydrogen-bond acceptors (Lipinski definition) is 2. The molecule has 0 fully saturated rings. The predicted octanol–water partition coefficient (Wildman–Crippen LogP) is 7.16. The largest absolute Gasteiger partial charge is 0.366 e. The summed E-state index contributed by atoms with van der Waals surface area (Å²) in [5, 5.41) is 2.24. The zero-order chi connectivity index (χ0) is 21.4. The van der Waals surface area contributed by atoms with Crippen molar-refractivity contribution in [3.8, 4) is 0 Å². The van der Waals surface area contributed by atoms with Gasteiger partial charge in [-0.05, 0) is 79.7 Å². The van der Waals surface area contributed by atoms with Gasteiger partial charge in [-0.25, -0.2) is 4.99 Å². The van der Waals surface area contributed by atoms with Crippen LogP contribution < -0.4 is 0 Å². The van der Waals surface area contributed by atoms with Crippen molar-refractivity contribution in [1.82, 2.24) is 4.90 Å². The predicted molar refractivity (Wildman–Crippen MR) is 131 cm³/mol. The summed E-state index contributed by atoms with van der Waals surface area (Å²) in [7, 11) is 2.04. The van der Waals surface area contributed by atoms with E-state index in [9.17, 15) is 0 Å². The lowest BCUT2D eigenvalue weighted by Gasteiger charge is -2.12. The normalized spacial score (nSPS) is 11.9. The molecule has 154 valence electrons. The van der Waals surface area contributed by atoms with E-state index in [1.807, 2.05) is 13.4 Å². The molecule has 2 aromatic rings. The van der Waals surface area contributed by atoms with Crippen molar-refractivity contribution in [3.05, 3.63) is 86.7 Å². The second kappa shape index (κ2) is 11.1. The molecular weight excluding hydrogens is 372 g/mol. The van der Waals surface area contributed by atoms with Crippen LogP contribution in [0.25, 0.3) is 0 Å². The molecule has 0 aliphatic heterocycles. The fraction of sp³-hybridized carbons (Fsp3) is 0.346. The molecule has 0 aliphatic carbocycles. The van der Waals surface area contributed by atoms with Gasteiger partial charge in [-0.3, -0.25) is 0 Å². The van der Waals surface area contributed by atoms with Crippen LogP contribution in [0.15, 0.2) is 63.9 Å². The second-order valence-corrected chi connectivity index (χ2v) is 8.89. The van der Waals surface area contributed by atoms with Gasteiger partial charge in [0.25, 0.3) is 0 Å². The number of allylic oxidation sites excluding steroid dienone is 2. The summed E-state index contributed by atoms with van der Waals surface area (Å²) in [5.41, 5.74) is 8.88. The lowest BCUT2D eigenvalue weighted by molar-refractivity contribution is 0.552. The molecule has 2 nitrogen and oxygen atoms in total.